The van der Waals surface area contributed by atoms with Crippen molar-refractivity contribution in [3.63, 3.8) is 0 Å². The molecular formula is C23H31ClO6. The fraction of sp³-hybridized carbons (Fsp3) is 0.522. The van der Waals surface area contributed by atoms with Gasteiger partial charge in [0.2, 0.25) is 0 Å². The molecule has 3 unspecified atom stereocenters. The smallest absolute Gasteiger partial charge is 0.305 e. The molecule has 0 bridgehead atoms. The first-order valence-corrected chi connectivity index (χ1v) is 10.5. The zero-order valence-electron chi connectivity index (χ0n) is 17.8. The van der Waals surface area contributed by atoms with Crippen LogP contribution in [0.5, 0.6) is 0 Å². The summed E-state index contributed by atoms with van der Waals surface area (Å²) in [4.78, 5) is 35.4. The molecular weight excluding hydrogens is 408 g/mol. The quantitative estimate of drug-likeness (QED) is 0.279. The van der Waals surface area contributed by atoms with E-state index in [0.29, 0.717) is 19.3 Å². The van der Waals surface area contributed by atoms with Gasteiger partial charge in [-0.1, -0.05) is 48.9 Å². The van der Waals surface area contributed by atoms with Crippen LogP contribution in [0.3, 0.4) is 0 Å². The fourth-order valence-electron chi connectivity index (χ4n) is 3.19. The maximum absolute atomic E-state index is 12.7. The molecule has 0 saturated carbocycles. The van der Waals surface area contributed by atoms with Gasteiger partial charge in [-0.3, -0.25) is 14.4 Å². The number of esters is 2. The third-order valence-corrected chi connectivity index (χ3v) is 4.95. The Morgan fingerprint density at radius 3 is 2.60 bits per heavy atom. The van der Waals surface area contributed by atoms with Gasteiger partial charge in [0.25, 0.3) is 0 Å². The first-order valence-electron chi connectivity index (χ1n) is 10.1. The lowest BCUT2D eigenvalue weighted by Gasteiger charge is -2.31. The molecule has 7 heteroatoms. The summed E-state index contributed by atoms with van der Waals surface area (Å²) in [5, 5.41) is 11.1. The number of methoxy groups -OCH3 is 1. The number of ether oxygens (including phenoxy) is 2. The second-order valence-electron chi connectivity index (χ2n) is 7.09. The predicted molar refractivity (Wildman–Crippen MR) is 116 cm³/mol. The molecule has 0 aliphatic heterocycles. The second-order valence-corrected chi connectivity index (χ2v) is 7.49. The zero-order valence-corrected chi connectivity index (χ0v) is 18.6. The fourth-order valence-corrected chi connectivity index (χ4v) is 3.50. The van der Waals surface area contributed by atoms with Crippen LogP contribution < -0.4 is 0 Å². The number of allylic oxidation sites excluding steroid dienone is 5. The molecule has 0 radical (unpaired) electrons. The van der Waals surface area contributed by atoms with Crippen molar-refractivity contribution >= 4 is 29.3 Å². The van der Waals surface area contributed by atoms with Gasteiger partial charge in [-0.2, -0.15) is 0 Å². The third kappa shape index (κ3) is 8.28. The monoisotopic (exact) mass is 438 g/mol. The van der Waals surface area contributed by atoms with Gasteiger partial charge in [-0.05, 0) is 44.3 Å². The Hall–Kier alpha value is -2.18. The van der Waals surface area contributed by atoms with Crippen molar-refractivity contribution in [3.05, 3.63) is 47.6 Å². The van der Waals surface area contributed by atoms with E-state index in [9.17, 15) is 19.5 Å². The Bertz CT molecular complexity index is 721. The van der Waals surface area contributed by atoms with E-state index in [2.05, 4.69) is 4.74 Å². The summed E-state index contributed by atoms with van der Waals surface area (Å²) >= 11 is 6.04. The van der Waals surface area contributed by atoms with Crippen LogP contribution in [0, 0.1) is 5.92 Å². The summed E-state index contributed by atoms with van der Waals surface area (Å²) in [6, 6.07) is 0. The van der Waals surface area contributed by atoms with Crippen LogP contribution in [0.25, 0.3) is 0 Å². The summed E-state index contributed by atoms with van der Waals surface area (Å²) in [5.74, 6) is -2.39. The van der Waals surface area contributed by atoms with Crippen LogP contribution in [-0.4, -0.2) is 41.6 Å². The van der Waals surface area contributed by atoms with Gasteiger partial charge in [0, 0.05) is 13.3 Å². The number of halogens is 1. The number of rotatable bonds is 12. The molecule has 0 aromatic heterocycles. The highest BCUT2D eigenvalue weighted by Crippen LogP contribution is 2.39. The molecule has 6 nitrogen and oxygen atoms in total. The van der Waals surface area contributed by atoms with Crippen molar-refractivity contribution in [1.29, 1.82) is 0 Å². The SMILES string of the molecule is CCC=CCC=CCC1(O)C=C(Cl)C(=O)C1C(C=CCCCC(=O)OC)OC(C)=O. The van der Waals surface area contributed by atoms with Crippen molar-refractivity contribution < 1.29 is 29.0 Å². The Morgan fingerprint density at radius 1 is 1.27 bits per heavy atom. The number of carbonyl (C=O) groups is 3. The van der Waals surface area contributed by atoms with E-state index in [1.54, 1.807) is 18.2 Å². The highest BCUT2D eigenvalue weighted by molar-refractivity contribution is 6.44. The average Bonchev–Trinajstić information content (AvgIpc) is 2.91. The summed E-state index contributed by atoms with van der Waals surface area (Å²) in [6.07, 6.45) is 14.5. The third-order valence-electron chi connectivity index (χ3n) is 4.65. The van der Waals surface area contributed by atoms with Gasteiger partial charge in [-0.15, -0.1) is 0 Å². The Kier molecular flexibility index (Phi) is 11.4. The summed E-state index contributed by atoms with van der Waals surface area (Å²) < 4.78 is 9.92. The number of hydrogen-bond acceptors (Lipinski definition) is 6. The second kappa shape index (κ2) is 13.2. The Morgan fingerprint density at radius 2 is 1.97 bits per heavy atom. The molecule has 0 aromatic carbocycles. The minimum Gasteiger partial charge on any atom is -0.469 e. The highest BCUT2D eigenvalue weighted by Gasteiger charge is 2.50. The molecule has 0 amide bonds. The molecule has 3 atom stereocenters. The van der Waals surface area contributed by atoms with Crippen LogP contribution in [-0.2, 0) is 23.9 Å². The zero-order chi connectivity index (χ0) is 22.6. The predicted octanol–water partition coefficient (Wildman–Crippen LogP) is 4.17. The Balaban J connectivity index is 2.92. The van der Waals surface area contributed by atoms with Crippen LogP contribution in [0.1, 0.15) is 52.4 Å². The molecule has 166 valence electrons. The van der Waals surface area contributed by atoms with Gasteiger partial charge in [0.15, 0.2) is 5.78 Å². The van der Waals surface area contributed by atoms with E-state index in [1.807, 2.05) is 25.2 Å². The lowest BCUT2D eigenvalue weighted by molar-refractivity contribution is -0.152. The van der Waals surface area contributed by atoms with Crippen molar-refractivity contribution in [3.8, 4) is 0 Å². The van der Waals surface area contributed by atoms with Crippen molar-refractivity contribution in [2.75, 3.05) is 7.11 Å². The Labute approximate surface area is 183 Å². The molecule has 0 aromatic rings. The molecule has 0 spiro atoms. The van der Waals surface area contributed by atoms with Gasteiger partial charge in [0.05, 0.1) is 18.1 Å². The first kappa shape index (κ1) is 25.9. The minimum atomic E-state index is -1.56. The molecule has 30 heavy (non-hydrogen) atoms. The summed E-state index contributed by atoms with van der Waals surface area (Å²) in [6.45, 7) is 3.29. The van der Waals surface area contributed by atoms with Gasteiger partial charge in [-0.25, -0.2) is 0 Å². The van der Waals surface area contributed by atoms with Crippen molar-refractivity contribution in [2.45, 2.75) is 64.1 Å². The minimum absolute atomic E-state index is 0.0713. The largest absolute Gasteiger partial charge is 0.469 e. The first-order chi connectivity index (χ1) is 14.2. The number of ketones is 1. The van der Waals surface area contributed by atoms with Crippen LogP contribution in [0.15, 0.2) is 47.6 Å². The summed E-state index contributed by atoms with van der Waals surface area (Å²) in [7, 11) is 1.33. The van der Waals surface area contributed by atoms with E-state index in [4.69, 9.17) is 16.3 Å². The molecule has 1 aliphatic carbocycles. The normalized spacial score (nSPS) is 22.8. The standard InChI is InChI=1S/C23H31ClO6/c1-4-5-6-7-8-12-15-23(28)16-18(24)22(27)21(23)19(30-17(2)25)13-10-9-11-14-20(26)29-3/h5-6,8,10,12-13,16,19,21,28H,4,7,9,11,14-15H2,1-3H3. The number of hydrogen-bond donors (Lipinski definition) is 1. The summed E-state index contributed by atoms with van der Waals surface area (Å²) in [5.41, 5.74) is -1.56. The lowest BCUT2D eigenvalue weighted by Crippen LogP contribution is -2.44. The van der Waals surface area contributed by atoms with Gasteiger partial charge >= 0.3 is 11.9 Å². The molecule has 0 fully saturated rings. The van der Waals surface area contributed by atoms with Crippen LogP contribution >= 0.6 is 11.6 Å². The van der Waals surface area contributed by atoms with E-state index in [-0.39, 0.29) is 23.8 Å². The molecule has 1 rings (SSSR count). The van der Waals surface area contributed by atoms with E-state index >= 15 is 0 Å². The number of Topliss-reactive ketones (excluding diaryl/α,β-unsaturated/α-hetero) is 1. The average molecular weight is 439 g/mol. The number of unbranched alkanes of at least 4 members (excludes halogenated alkanes) is 1. The van der Waals surface area contributed by atoms with Gasteiger partial charge in [0.1, 0.15) is 11.7 Å². The van der Waals surface area contributed by atoms with E-state index in [0.717, 1.165) is 6.42 Å². The van der Waals surface area contributed by atoms with Crippen molar-refractivity contribution in [1.82, 2.24) is 0 Å². The van der Waals surface area contributed by atoms with E-state index in [1.165, 1.54) is 20.1 Å². The van der Waals surface area contributed by atoms with E-state index < -0.39 is 29.4 Å². The topological polar surface area (TPSA) is 89.9 Å². The molecule has 1 N–H and O–H groups in total. The van der Waals surface area contributed by atoms with Gasteiger partial charge < -0.3 is 14.6 Å². The maximum atomic E-state index is 12.7. The molecule has 1 aliphatic rings. The van der Waals surface area contributed by atoms with Crippen LogP contribution in [0.2, 0.25) is 0 Å². The number of aliphatic hydroxyl groups is 1. The lowest BCUT2D eigenvalue weighted by atomic mass is 9.82. The molecule has 0 heterocycles. The van der Waals surface area contributed by atoms with Crippen molar-refractivity contribution in [2.24, 2.45) is 5.92 Å². The molecule has 0 saturated heterocycles. The highest BCUT2D eigenvalue weighted by atomic mass is 35.5. The maximum Gasteiger partial charge on any atom is 0.305 e. The number of carbonyl (C=O) groups excluding carboxylic acids is 3. The van der Waals surface area contributed by atoms with Crippen LogP contribution in [0.4, 0.5) is 0 Å².